The molecule has 1 N–H and O–H groups in total. The monoisotopic (exact) mass is 355 g/mol. The molecule has 6 nitrogen and oxygen atoms in total. The van der Waals surface area contributed by atoms with Crippen molar-refractivity contribution in [2.24, 2.45) is 0 Å². The summed E-state index contributed by atoms with van der Waals surface area (Å²) >= 11 is 0. The van der Waals surface area contributed by atoms with Crippen LogP contribution in [-0.4, -0.2) is 41.9 Å². The number of nitrogens with zero attached hydrogens (tertiary/aromatic N) is 2. The van der Waals surface area contributed by atoms with Gasteiger partial charge in [-0.25, -0.2) is 0 Å². The van der Waals surface area contributed by atoms with Crippen molar-refractivity contribution in [2.45, 2.75) is 26.3 Å². The van der Waals surface area contributed by atoms with Gasteiger partial charge in [0.2, 0.25) is 11.8 Å². The highest BCUT2D eigenvalue weighted by molar-refractivity contribution is 5.78. The molecule has 2 rings (SSSR count). The van der Waals surface area contributed by atoms with Crippen LogP contribution in [0.4, 0.5) is 0 Å². The quantitative estimate of drug-likeness (QED) is 0.748. The minimum absolute atomic E-state index is 0.0326. The zero-order valence-electron chi connectivity index (χ0n) is 15.3. The lowest BCUT2D eigenvalue weighted by molar-refractivity contribution is -0.129. The second-order valence-corrected chi connectivity index (χ2v) is 5.99. The number of nitrogens with one attached hydrogen (secondary N) is 1. The summed E-state index contributed by atoms with van der Waals surface area (Å²) in [5.74, 6) is 0.691. The van der Waals surface area contributed by atoms with E-state index in [1.54, 1.807) is 24.4 Å². The molecular formula is C20H25N3O3. The van der Waals surface area contributed by atoms with E-state index in [2.05, 4.69) is 10.3 Å². The van der Waals surface area contributed by atoms with Crippen LogP contribution in [0.1, 0.15) is 24.5 Å². The average Bonchev–Trinajstić information content (AvgIpc) is 2.67. The number of methoxy groups -OCH3 is 1. The summed E-state index contributed by atoms with van der Waals surface area (Å²) in [4.78, 5) is 29.5. The van der Waals surface area contributed by atoms with Gasteiger partial charge in [0.25, 0.3) is 0 Å². The molecule has 0 aliphatic heterocycles. The molecule has 0 atom stereocenters. The largest absolute Gasteiger partial charge is 0.497 e. The van der Waals surface area contributed by atoms with E-state index in [1.165, 1.54) is 6.92 Å². The fraction of sp³-hybridized carbons (Fsp3) is 0.350. The van der Waals surface area contributed by atoms with E-state index in [0.717, 1.165) is 23.3 Å². The molecule has 6 heteroatoms. The summed E-state index contributed by atoms with van der Waals surface area (Å²) in [7, 11) is 1.63. The van der Waals surface area contributed by atoms with Crippen LogP contribution >= 0.6 is 0 Å². The Labute approximate surface area is 154 Å². The van der Waals surface area contributed by atoms with Crippen molar-refractivity contribution in [2.75, 3.05) is 20.2 Å². The summed E-state index contributed by atoms with van der Waals surface area (Å²) in [6, 6.07) is 11.5. The summed E-state index contributed by atoms with van der Waals surface area (Å²) in [5, 5.41) is 2.86. The third kappa shape index (κ3) is 6.55. The minimum atomic E-state index is -0.0746. The Balaban J connectivity index is 1.78. The van der Waals surface area contributed by atoms with Gasteiger partial charge in [-0.15, -0.1) is 0 Å². The molecule has 0 fully saturated rings. The van der Waals surface area contributed by atoms with E-state index < -0.39 is 0 Å². The molecule has 0 bridgehead atoms. The van der Waals surface area contributed by atoms with E-state index in [1.807, 2.05) is 36.4 Å². The number of hydrogen-bond donors (Lipinski definition) is 1. The van der Waals surface area contributed by atoms with Crippen LogP contribution in [0, 0.1) is 0 Å². The van der Waals surface area contributed by atoms with E-state index >= 15 is 0 Å². The molecule has 0 aliphatic rings. The zero-order valence-corrected chi connectivity index (χ0v) is 15.3. The van der Waals surface area contributed by atoms with Crippen molar-refractivity contribution in [1.29, 1.82) is 0 Å². The number of carbonyl (C=O) groups is 2. The molecule has 0 radical (unpaired) electrons. The van der Waals surface area contributed by atoms with E-state index in [0.29, 0.717) is 19.6 Å². The third-order valence-electron chi connectivity index (χ3n) is 4.10. The van der Waals surface area contributed by atoms with Gasteiger partial charge in [-0.2, -0.15) is 0 Å². The molecule has 26 heavy (non-hydrogen) atoms. The Kier molecular flexibility index (Phi) is 7.61. The summed E-state index contributed by atoms with van der Waals surface area (Å²) in [6.45, 7) is 2.97. The maximum Gasteiger partial charge on any atom is 0.222 e. The lowest BCUT2D eigenvalue weighted by Gasteiger charge is -2.21. The van der Waals surface area contributed by atoms with Crippen molar-refractivity contribution in [3.05, 3.63) is 59.9 Å². The predicted molar refractivity (Wildman–Crippen MR) is 99.7 cm³/mol. The molecule has 2 amide bonds. The Morgan fingerprint density at radius 3 is 2.58 bits per heavy atom. The summed E-state index contributed by atoms with van der Waals surface area (Å²) in [5.41, 5.74) is 2.09. The number of rotatable bonds is 9. The van der Waals surface area contributed by atoms with Gasteiger partial charge in [0.05, 0.1) is 7.11 Å². The van der Waals surface area contributed by atoms with Crippen LogP contribution in [0.2, 0.25) is 0 Å². The van der Waals surface area contributed by atoms with Crippen LogP contribution in [0.5, 0.6) is 5.75 Å². The number of hydrogen-bond acceptors (Lipinski definition) is 4. The van der Waals surface area contributed by atoms with Crippen LogP contribution in [0.25, 0.3) is 0 Å². The van der Waals surface area contributed by atoms with Gasteiger partial charge in [-0.3, -0.25) is 14.6 Å². The standard InChI is InChI=1S/C20H25N3O3/c1-16(24)23(12-8-17-4-3-5-19(14-17)26-2)13-9-20(25)22-15-18-6-10-21-11-7-18/h3-7,10-11,14H,8-9,12-13,15H2,1-2H3,(H,22,25). The lowest BCUT2D eigenvalue weighted by atomic mass is 10.1. The van der Waals surface area contributed by atoms with E-state index in [9.17, 15) is 9.59 Å². The van der Waals surface area contributed by atoms with Gasteiger partial charge >= 0.3 is 0 Å². The number of carbonyl (C=O) groups excluding carboxylic acids is 2. The van der Waals surface area contributed by atoms with E-state index in [-0.39, 0.29) is 18.2 Å². The van der Waals surface area contributed by atoms with Gasteiger partial charge in [0.15, 0.2) is 0 Å². The summed E-state index contributed by atoms with van der Waals surface area (Å²) < 4.78 is 5.21. The SMILES string of the molecule is COc1cccc(CCN(CCC(=O)NCc2ccncc2)C(C)=O)c1. The Morgan fingerprint density at radius 2 is 1.88 bits per heavy atom. The van der Waals surface area contributed by atoms with Crippen molar-refractivity contribution in [1.82, 2.24) is 15.2 Å². The van der Waals surface area contributed by atoms with Crippen molar-refractivity contribution in [3.63, 3.8) is 0 Å². The molecule has 0 spiro atoms. The first-order valence-electron chi connectivity index (χ1n) is 8.62. The number of aromatic nitrogens is 1. The molecule has 1 heterocycles. The highest BCUT2D eigenvalue weighted by atomic mass is 16.5. The second-order valence-electron chi connectivity index (χ2n) is 5.99. The number of amides is 2. The number of ether oxygens (including phenoxy) is 1. The van der Waals surface area contributed by atoms with Crippen LogP contribution in [0.3, 0.4) is 0 Å². The predicted octanol–water partition coefficient (Wildman–Crippen LogP) is 2.19. The molecular weight excluding hydrogens is 330 g/mol. The van der Waals surface area contributed by atoms with E-state index in [4.69, 9.17) is 4.74 Å². The molecule has 0 saturated carbocycles. The molecule has 138 valence electrons. The van der Waals surface area contributed by atoms with Gasteiger partial charge in [-0.05, 0) is 41.8 Å². The first kappa shape index (κ1) is 19.4. The fourth-order valence-electron chi connectivity index (χ4n) is 2.54. The maximum absolute atomic E-state index is 12.0. The van der Waals surface area contributed by atoms with Gasteiger partial charge in [0, 0.05) is 45.4 Å². The Morgan fingerprint density at radius 1 is 1.12 bits per heavy atom. The Bertz CT molecular complexity index is 719. The normalized spacial score (nSPS) is 10.2. The van der Waals surface area contributed by atoms with Crippen LogP contribution < -0.4 is 10.1 Å². The molecule has 0 aliphatic carbocycles. The molecule has 0 saturated heterocycles. The average molecular weight is 355 g/mol. The Hall–Kier alpha value is -2.89. The van der Waals surface area contributed by atoms with Gasteiger partial charge in [-0.1, -0.05) is 12.1 Å². The number of pyridine rings is 1. The fourth-order valence-corrected chi connectivity index (χ4v) is 2.54. The van der Waals surface area contributed by atoms with Crippen LogP contribution in [-0.2, 0) is 22.6 Å². The van der Waals surface area contributed by atoms with Crippen molar-refractivity contribution >= 4 is 11.8 Å². The second kappa shape index (κ2) is 10.2. The lowest BCUT2D eigenvalue weighted by Crippen LogP contribution is -2.35. The van der Waals surface area contributed by atoms with Gasteiger partial charge in [0.1, 0.15) is 5.75 Å². The molecule has 1 aromatic heterocycles. The number of benzene rings is 1. The first-order chi connectivity index (χ1) is 12.6. The molecule has 1 aromatic carbocycles. The topological polar surface area (TPSA) is 71.5 Å². The van der Waals surface area contributed by atoms with Gasteiger partial charge < -0.3 is 15.0 Å². The van der Waals surface area contributed by atoms with Crippen molar-refractivity contribution in [3.8, 4) is 5.75 Å². The minimum Gasteiger partial charge on any atom is -0.497 e. The highest BCUT2D eigenvalue weighted by Crippen LogP contribution is 2.13. The first-order valence-corrected chi connectivity index (χ1v) is 8.62. The smallest absolute Gasteiger partial charge is 0.222 e. The molecule has 2 aromatic rings. The van der Waals surface area contributed by atoms with Crippen LogP contribution in [0.15, 0.2) is 48.8 Å². The maximum atomic E-state index is 12.0. The summed E-state index contributed by atoms with van der Waals surface area (Å²) in [6.07, 6.45) is 4.38. The zero-order chi connectivity index (χ0) is 18.8. The highest BCUT2D eigenvalue weighted by Gasteiger charge is 2.11. The van der Waals surface area contributed by atoms with Crippen molar-refractivity contribution < 1.29 is 14.3 Å². The third-order valence-corrected chi connectivity index (χ3v) is 4.10. The molecule has 0 unspecified atom stereocenters.